The average molecular weight is 368 g/mol. The zero-order valence-electron chi connectivity index (χ0n) is 12.6. The predicted octanol–water partition coefficient (Wildman–Crippen LogP) is 2.33. The maximum Gasteiger partial charge on any atom is 0.491 e. The molecule has 3 rings (SSSR count). The number of hydrogen-bond donors (Lipinski definition) is 2. The van der Waals surface area contributed by atoms with Crippen LogP contribution in [0.5, 0.6) is 5.88 Å². The van der Waals surface area contributed by atoms with E-state index in [0.29, 0.717) is 0 Å². The number of benzene rings is 1. The van der Waals surface area contributed by atoms with Crippen molar-refractivity contribution in [1.29, 1.82) is 0 Å². The van der Waals surface area contributed by atoms with E-state index in [0.717, 1.165) is 12.3 Å². The largest absolute Gasteiger partial charge is 0.491 e. The van der Waals surface area contributed by atoms with Gasteiger partial charge < -0.3 is 10.5 Å². The second-order valence-corrected chi connectivity index (χ2v) is 5.03. The number of primary amides is 1. The van der Waals surface area contributed by atoms with Gasteiger partial charge in [0.25, 0.3) is 5.88 Å². The fraction of sp³-hybridized carbons (Fsp3) is 0.0667. The number of nitrogens with one attached hydrogen (secondary N) is 1. The van der Waals surface area contributed by atoms with Crippen LogP contribution in [0.4, 0.5) is 17.6 Å². The number of halogens is 4. The predicted molar refractivity (Wildman–Crippen MR) is 79.5 cm³/mol. The Kier molecular flexibility index (Phi) is 4.06. The van der Waals surface area contributed by atoms with Crippen LogP contribution < -0.4 is 10.5 Å². The molecule has 0 saturated carbocycles. The van der Waals surface area contributed by atoms with Crippen molar-refractivity contribution in [2.75, 3.05) is 0 Å². The van der Waals surface area contributed by atoms with Crippen molar-refractivity contribution in [3.63, 3.8) is 0 Å². The first-order chi connectivity index (χ1) is 12.2. The monoisotopic (exact) mass is 368 g/mol. The van der Waals surface area contributed by atoms with E-state index in [9.17, 15) is 27.2 Å². The molecule has 0 aliphatic heterocycles. The van der Waals surface area contributed by atoms with Crippen LogP contribution in [0, 0.1) is 5.82 Å². The Balaban J connectivity index is 2.25. The standard InChI is InChI=1S/C15H8F4N4O3/c16-8-4-2-1-3-6(8)7-5-21-12-10(9(7)11(20)24)13(23-22-12)26-14(25)15(17,18)19/h1-5H,(H2,20,24)(H,21,22,23). The zero-order chi connectivity index (χ0) is 19.1. The molecule has 0 atom stereocenters. The Bertz CT molecular complexity index is 1030. The van der Waals surface area contributed by atoms with Crippen molar-refractivity contribution >= 4 is 22.9 Å². The molecule has 0 spiro atoms. The summed E-state index contributed by atoms with van der Waals surface area (Å²) in [5.41, 5.74) is 4.61. The molecule has 0 saturated heterocycles. The lowest BCUT2D eigenvalue weighted by Crippen LogP contribution is -2.28. The smallest absolute Gasteiger partial charge is 0.398 e. The SMILES string of the molecule is NC(=O)c1c(-c2ccccc2F)cnc2[nH]nc(OC(=O)C(F)(F)F)c12. The number of carbonyl (C=O) groups excluding carboxylic acids is 2. The van der Waals surface area contributed by atoms with Gasteiger partial charge in [-0.2, -0.15) is 13.2 Å². The van der Waals surface area contributed by atoms with Gasteiger partial charge in [0, 0.05) is 17.3 Å². The Morgan fingerprint density at radius 2 is 1.85 bits per heavy atom. The van der Waals surface area contributed by atoms with E-state index in [4.69, 9.17) is 5.73 Å². The van der Waals surface area contributed by atoms with Crippen molar-refractivity contribution in [3.05, 3.63) is 41.8 Å². The minimum atomic E-state index is -5.28. The van der Waals surface area contributed by atoms with Gasteiger partial charge in [-0.05, 0) is 6.07 Å². The van der Waals surface area contributed by atoms with E-state index in [-0.39, 0.29) is 27.7 Å². The van der Waals surface area contributed by atoms with Crippen molar-refractivity contribution in [1.82, 2.24) is 15.2 Å². The number of carbonyl (C=O) groups is 2. The second-order valence-electron chi connectivity index (χ2n) is 5.03. The highest BCUT2D eigenvalue weighted by Gasteiger charge is 2.42. The van der Waals surface area contributed by atoms with Gasteiger partial charge in [0.15, 0.2) is 5.65 Å². The number of hydrogen-bond acceptors (Lipinski definition) is 5. The molecule has 0 aliphatic rings. The molecule has 26 heavy (non-hydrogen) atoms. The van der Waals surface area contributed by atoms with Crippen LogP contribution in [-0.2, 0) is 4.79 Å². The maximum absolute atomic E-state index is 14.1. The lowest BCUT2D eigenvalue weighted by atomic mass is 9.98. The molecule has 7 nitrogen and oxygen atoms in total. The van der Waals surface area contributed by atoms with Crippen molar-refractivity contribution in [2.45, 2.75) is 6.18 Å². The number of H-pyrrole nitrogens is 1. The summed E-state index contributed by atoms with van der Waals surface area (Å²) in [6, 6.07) is 5.33. The maximum atomic E-state index is 14.1. The molecule has 3 aromatic rings. The molecular weight excluding hydrogens is 360 g/mol. The first-order valence-corrected chi connectivity index (χ1v) is 6.91. The summed E-state index contributed by atoms with van der Waals surface area (Å²) in [4.78, 5) is 26.9. The van der Waals surface area contributed by atoms with Crippen LogP contribution in [0.2, 0.25) is 0 Å². The number of aromatic amines is 1. The van der Waals surface area contributed by atoms with Gasteiger partial charge in [0.2, 0.25) is 5.91 Å². The quantitative estimate of drug-likeness (QED) is 0.544. The number of alkyl halides is 3. The molecule has 2 heterocycles. The summed E-state index contributed by atoms with van der Waals surface area (Å²) in [6.45, 7) is 0. The molecule has 0 radical (unpaired) electrons. The van der Waals surface area contributed by atoms with Gasteiger partial charge in [-0.15, -0.1) is 5.10 Å². The number of pyridine rings is 1. The Hall–Kier alpha value is -3.50. The van der Waals surface area contributed by atoms with Gasteiger partial charge in [0.1, 0.15) is 5.82 Å². The Morgan fingerprint density at radius 3 is 2.46 bits per heavy atom. The minimum absolute atomic E-state index is 0.0648. The highest BCUT2D eigenvalue weighted by atomic mass is 19.4. The first kappa shape index (κ1) is 17.3. The van der Waals surface area contributed by atoms with Gasteiger partial charge >= 0.3 is 12.1 Å². The zero-order valence-corrected chi connectivity index (χ0v) is 12.6. The molecule has 0 aliphatic carbocycles. The van der Waals surface area contributed by atoms with E-state index < -0.39 is 29.7 Å². The van der Waals surface area contributed by atoms with E-state index in [1.165, 1.54) is 18.2 Å². The number of ether oxygens (including phenoxy) is 1. The number of esters is 1. The molecule has 0 fully saturated rings. The lowest BCUT2D eigenvalue weighted by molar-refractivity contribution is -0.189. The van der Waals surface area contributed by atoms with Gasteiger partial charge in [-0.3, -0.25) is 9.89 Å². The van der Waals surface area contributed by atoms with E-state index >= 15 is 0 Å². The fourth-order valence-corrected chi connectivity index (χ4v) is 2.32. The van der Waals surface area contributed by atoms with E-state index in [1.807, 2.05) is 0 Å². The Labute approximate surface area is 141 Å². The summed E-state index contributed by atoms with van der Waals surface area (Å²) in [6.07, 6.45) is -4.18. The van der Waals surface area contributed by atoms with Crippen molar-refractivity contribution in [3.8, 4) is 17.0 Å². The van der Waals surface area contributed by atoms with Gasteiger partial charge in [0.05, 0.1) is 10.9 Å². The number of rotatable bonds is 3. The molecule has 134 valence electrons. The van der Waals surface area contributed by atoms with Crippen LogP contribution in [-0.4, -0.2) is 33.2 Å². The minimum Gasteiger partial charge on any atom is -0.398 e. The van der Waals surface area contributed by atoms with Crippen LogP contribution in [0.1, 0.15) is 10.4 Å². The lowest BCUT2D eigenvalue weighted by Gasteiger charge is -2.10. The van der Waals surface area contributed by atoms with Crippen LogP contribution in [0.25, 0.3) is 22.2 Å². The van der Waals surface area contributed by atoms with Crippen molar-refractivity contribution in [2.24, 2.45) is 5.73 Å². The van der Waals surface area contributed by atoms with Gasteiger partial charge in [-0.25, -0.2) is 14.2 Å². The normalized spacial score (nSPS) is 11.5. The van der Waals surface area contributed by atoms with Crippen LogP contribution in [0.15, 0.2) is 30.5 Å². The third-order valence-electron chi connectivity index (χ3n) is 3.39. The van der Waals surface area contributed by atoms with Crippen molar-refractivity contribution < 1.29 is 31.9 Å². The fourth-order valence-electron chi connectivity index (χ4n) is 2.32. The summed E-state index contributed by atoms with van der Waals surface area (Å²) in [7, 11) is 0. The highest BCUT2D eigenvalue weighted by Crippen LogP contribution is 2.34. The van der Waals surface area contributed by atoms with Crippen LogP contribution >= 0.6 is 0 Å². The summed E-state index contributed by atoms with van der Waals surface area (Å²) in [5, 5.41) is 5.28. The number of amides is 1. The number of aromatic nitrogens is 3. The molecule has 0 bridgehead atoms. The molecular formula is C15H8F4N4O3. The molecule has 1 aromatic carbocycles. The average Bonchev–Trinajstić information content (AvgIpc) is 2.96. The third-order valence-corrected chi connectivity index (χ3v) is 3.39. The Morgan fingerprint density at radius 1 is 1.15 bits per heavy atom. The van der Waals surface area contributed by atoms with Gasteiger partial charge in [-0.1, -0.05) is 18.2 Å². The van der Waals surface area contributed by atoms with E-state index in [1.54, 1.807) is 0 Å². The summed E-state index contributed by atoms with van der Waals surface area (Å²) >= 11 is 0. The topological polar surface area (TPSA) is 111 Å². The molecule has 1 amide bonds. The van der Waals surface area contributed by atoms with Crippen LogP contribution in [0.3, 0.4) is 0 Å². The molecule has 2 aromatic heterocycles. The first-order valence-electron chi connectivity index (χ1n) is 6.91. The number of nitrogens with zero attached hydrogens (tertiary/aromatic N) is 2. The summed E-state index contributed by atoms with van der Waals surface area (Å²) < 4.78 is 55.6. The highest BCUT2D eigenvalue weighted by molar-refractivity contribution is 6.12. The number of nitrogens with two attached hydrogens (primary N) is 1. The molecule has 0 unspecified atom stereocenters. The van der Waals surface area contributed by atoms with E-state index in [2.05, 4.69) is 19.9 Å². The third kappa shape index (κ3) is 2.94. The molecule has 3 N–H and O–H groups in total. The molecule has 11 heteroatoms. The summed E-state index contributed by atoms with van der Waals surface area (Å²) in [5.74, 6) is -5.20. The number of fused-ring (bicyclic) bond motifs is 1. The second kappa shape index (κ2) is 6.10.